The molecule has 0 radical (unpaired) electrons. The predicted octanol–water partition coefficient (Wildman–Crippen LogP) is 3.15. The van der Waals surface area contributed by atoms with E-state index in [1.807, 2.05) is 13.8 Å². The summed E-state index contributed by atoms with van der Waals surface area (Å²) in [6, 6.07) is 5.96. The van der Waals surface area contributed by atoms with Gasteiger partial charge in [-0.2, -0.15) is 0 Å². The molecule has 6 nitrogen and oxygen atoms in total. The summed E-state index contributed by atoms with van der Waals surface area (Å²) >= 11 is 0. The highest BCUT2D eigenvalue weighted by Gasteiger charge is 2.42. The Labute approximate surface area is 166 Å². The van der Waals surface area contributed by atoms with Crippen LogP contribution in [0.4, 0.5) is 9.18 Å². The molecule has 7 heteroatoms. The number of hydrogen-bond donors (Lipinski definition) is 2. The minimum absolute atomic E-state index is 0.166. The van der Waals surface area contributed by atoms with Crippen LogP contribution in [0.5, 0.6) is 0 Å². The largest absolute Gasteiger partial charge is 0.450 e. The van der Waals surface area contributed by atoms with Crippen LogP contribution in [0.15, 0.2) is 24.3 Å². The normalized spacial score (nSPS) is 17.0. The van der Waals surface area contributed by atoms with Crippen molar-refractivity contribution in [3.8, 4) is 0 Å². The van der Waals surface area contributed by atoms with Gasteiger partial charge in [0.25, 0.3) is 0 Å². The fraction of sp³-hybridized carbons (Fsp3) is 0.619. The molecule has 1 aliphatic heterocycles. The summed E-state index contributed by atoms with van der Waals surface area (Å²) in [5.41, 5.74) is -0.167. The van der Waals surface area contributed by atoms with Crippen molar-refractivity contribution in [1.29, 1.82) is 0 Å². The van der Waals surface area contributed by atoms with Gasteiger partial charge in [-0.15, -0.1) is 0 Å². The summed E-state index contributed by atoms with van der Waals surface area (Å²) in [7, 11) is 0. The molecule has 2 N–H and O–H groups in total. The molecule has 0 aliphatic carbocycles. The maximum Gasteiger partial charge on any atom is 0.407 e. The molecule has 1 fully saturated rings. The van der Waals surface area contributed by atoms with Crippen molar-refractivity contribution in [1.82, 2.24) is 10.6 Å². The third-order valence-corrected chi connectivity index (χ3v) is 5.02. The molecule has 2 amide bonds. The molecule has 1 aromatic carbocycles. The van der Waals surface area contributed by atoms with Gasteiger partial charge < -0.3 is 20.1 Å². The zero-order chi connectivity index (χ0) is 20.6. The fourth-order valence-corrected chi connectivity index (χ4v) is 3.64. The molecule has 1 saturated heterocycles. The van der Waals surface area contributed by atoms with Crippen LogP contribution in [0.2, 0.25) is 0 Å². The zero-order valence-electron chi connectivity index (χ0n) is 16.9. The lowest BCUT2D eigenvalue weighted by Crippen LogP contribution is -2.52. The number of alkyl carbamates (subject to hydrolysis) is 1. The Morgan fingerprint density at radius 3 is 2.61 bits per heavy atom. The first-order valence-corrected chi connectivity index (χ1v) is 9.92. The molecule has 1 aliphatic rings. The van der Waals surface area contributed by atoms with Crippen LogP contribution in [0, 0.1) is 11.7 Å². The van der Waals surface area contributed by atoms with E-state index in [1.165, 1.54) is 12.1 Å². The monoisotopic (exact) mass is 394 g/mol. The van der Waals surface area contributed by atoms with Gasteiger partial charge in [-0.05, 0) is 49.8 Å². The summed E-state index contributed by atoms with van der Waals surface area (Å²) in [6.07, 6.45) is 1.19. The lowest BCUT2D eigenvalue weighted by Gasteiger charge is -2.36. The molecule has 0 saturated carbocycles. The van der Waals surface area contributed by atoms with Crippen LogP contribution >= 0.6 is 0 Å². The van der Waals surface area contributed by atoms with Gasteiger partial charge in [0, 0.05) is 25.8 Å². The molecular formula is C21H31FN2O4. The van der Waals surface area contributed by atoms with Gasteiger partial charge in [-0.3, -0.25) is 4.79 Å². The topological polar surface area (TPSA) is 76.7 Å². The molecule has 0 aromatic heterocycles. The second-order valence-corrected chi connectivity index (χ2v) is 7.61. The molecule has 28 heavy (non-hydrogen) atoms. The van der Waals surface area contributed by atoms with E-state index in [9.17, 15) is 14.0 Å². The third kappa shape index (κ3) is 5.92. The Morgan fingerprint density at radius 2 is 2.00 bits per heavy atom. The molecule has 1 heterocycles. The summed E-state index contributed by atoms with van der Waals surface area (Å²) in [5.74, 6) is -0.192. The Kier molecular flexibility index (Phi) is 8.23. The smallest absolute Gasteiger partial charge is 0.407 e. The van der Waals surface area contributed by atoms with Crippen molar-refractivity contribution >= 4 is 12.0 Å². The first-order chi connectivity index (χ1) is 13.4. The second-order valence-electron chi connectivity index (χ2n) is 7.61. The van der Waals surface area contributed by atoms with Gasteiger partial charge in [0.2, 0.25) is 5.91 Å². The van der Waals surface area contributed by atoms with E-state index in [1.54, 1.807) is 19.1 Å². The van der Waals surface area contributed by atoms with Crippen LogP contribution in [-0.4, -0.2) is 44.4 Å². The lowest BCUT2D eigenvalue weighted by molar-refractivity contribution is -0.130. The van der Waals surface area contributed by atoms with E-state index in [-0.39, 0.29) is 30.9 Å². The van der Waals surface area contributed by atoms with Crippen LogP contribution in [0.1, 0.15) is 45.6 Å². The first kappa shape index (κ1) is 22.1. The Hall–Kier alpha value is -2.15. The minimum atomic E-state index is -0.827. The standard InChI is InChI=1S/C21H31FN2O4/c1-4-28-20(26)24-18(12-15(2)3)14-23-19(25)21(8-10-27-11-9-21)16-6-5-7-17(22)13-16/h5-7,13,15,18H,4,8-12,14H2,1-3H3,(H,23,25)(H,24,26). The number of rotatable bonds is 8. The number of hydrogen-bond acceptors (Lipinski definition) is 4. The van der Waals surface area contributed by atoms with Crippen molar-refractivity contribution < 1.29 is 23.5 Å². The van der Waals surface area contributed by atoms with Crippen molar-refractivity contribution in [3.05, 3.63) is 35.6 Å². The first-order valence-electron chi connectivity index (χ1n) is 9.92. The molecule has 2 rings (SSSR count). The Morgan fingerprint density at radius 1 is 1.29 bits per heavy atom. The number of carbonyl (C=O) groups is 2. The summed E-state index contributed by atoms with van der Waals surface area (Å²) < 4.78 is 24.2. The second kappa shape index (κ2) is 10.4. The number of amides is 2. The maximum absolute atomic E-state index is 13.8. The van der Waals surface area contributed by atoms with E-state index in [0.717, 1.165) is 0 Å². The van der Waals surface area contributed by atoms with Crippen LogP contribution in [-0.2, 0) is 19.7 Å². The highest BCUT2D eigenvalue weighted by molar-refractivity contribution is 5.88. The molecule has 1 atom stereocenters. The van der Waals surface area contributed by atoms with Crippen LogP contribution < -0.4 is 10.6 Å². The average molecular weight is 394 g/mol. The van der Waals surface area contributed by atoms with E-state index in [2.05, 4.69) is 10.6 Å². The van der Waals surface area contributed by atoms with Gasteiger partial charge in [0.1, 0.15) is 5.82 Å². The molecule has 0 bridgehead atoms. The van der Waals surface area contributed by atoms with Gasteiger partial charge in [0.15, 0.2) is 0 Å². The van der Waals surface area contributed by atoms with Gasteiger partial charge in [0.05, 0.1) is 12.0 Å². The van der Waals surface area contributed by atoms with Gasteiger partial charge in [-0.1, -0.05) is 26.0 Å². The third-order valence-electron chi connectivity index (χ3n) is 5.02. The highest BCUT2D eigenvalue weighted by atomic mass is 19.1. The number of nitrogens with one attached hydrogen (secondary N) is 2. The lowest BCUT2D eigenvalue weighted by atomic mass is 9.73. The summed E-state index contributed by atoms with van der Waals surface area (Å²) in [6.45, 7) is 7.30. The minimum Gasteiger partial charge on any atom is -0.450 e. The molecule has 1 unspecified atom stereocenters. The van der Waals surface area contributed by atoms with Crippen molar-refractivity contribution in [2.45, 2.75) is 51.5 Å². The molecule has 0 spiro atoms. The zero-order valence-corrected chi connectivity index (χ0v) is 16.9. The summed E-state index contributed by atoms with van der Waals surface area (Å²) in [4.78, 5) is 25.0. The Balaban J connectivity index is 2.12. The Bertz CT molecular complexity index is 660. The van der Waals surface area contributed by atoms with Crippen molar-refractivity contribution in [2.75, 3.05) is 26.4 Å². The van der Waals surface area contributed by atoms with Crippen LogP contribution in [0.3, 0.4) is 0 Å². The van der Waals surface area contributed by atoms with Crippen molar-refractivity contribution in [2.24, 2.45) is 5.92 Å². The molecular weight excluding hydrogens is 363 g/mol. The molecule has 1 aromatic rings. The van der Waals surface area contributed by atoms with Crippen LogP contribution in [0.25, 0.3) is 0 Å². The average Bonchev–Trinajstić information content (AvgIpc) is 2.66. The van der Waals surface area contributed by atoms with E-state index < -0.39 is 11.5 Å². The van der Waals surface area contributed by atoms with Crippen molar-refractivity contribution in [3.63, 3.8) is 0 Å². The molecule has 156 valence electrons. The number of ether oxygens (including phenoxy) is 2. The van der Waals surface area contributed by atoms with Gasteiger partial charge in [-0.25, -0.2) is 9.18 Å². The van der Waals surface area contributed by atoms with E-state index >= 15 is 0 Å². The summed E-state index contributed by atoms with van der Waals surface area (Å²) in [5, 5.41) is 5.79. The number of benzene rings is 1. The quantitative estimate of drug-likeness (QED) is 0.710. The fourth-order valence-electron chi connectivity index (χ4n) is 3.64. The van der Waals surface area contributed by atoms with E-state index in [4.69, 9.17) is 9.47 Å². The highest BCUT2D eigenvalue weighted by Crippen LogP contribution is 2.35. The van der Waals surface area contributed by atoms with Gasteiger partial charge >= 0.3 is 6.09 Å². The number of carbonyl (C=O) groups excluding carboxylic acids is 2. The maximum atomic E-state index is 13.8. The predicted molar refractivity (Wildman–Crippen MR) is 105 cm³/mol. The SMILES string of the molecule is CCOC(=O)NC(CNC(=O)C1(c2cccc(F)c2)CCOCC1)CC(C)C. The number of halogens is 1. The van der Waals surface area contributed by atoms with E-state index in [0.29, 0.717) is 44.0 Å².